The van der Waals surface area contributed by atoms with Crippen molar-refractivity contribution < 1.29 is 8.42 Å². The van der Waals surface area contributed by atoms with Gasteiger partial charge in [-0.15, -0.1) is 0 Å². The largest absolute Gasteiger partial charge is 0.377 e. The van der Waals surface area contributed by atoms with E-state index in [-0.39, 0.29) is 4.90 Å². The summed E-state index contributed by atoms with van der Waals surface area (Å²) in [6, 6.07) is 5.44. The molecule has 6 nitrogen and oxygen atoms in total. The van der Waals surface area contributed by atoms with E-state index in [1.54, 1.807) is 13.0 Å². The Morgan fingerprint density at radius 3 is 2.50 bits per heavy atom. The first kappa shape index (κ1) is 14.4. The highest BCUT2D eigenvalue weighted by atomic mass is 32.2. The van der Waals surface area contributed by atoms with Crippen molar-refractivity contribution in [1.29, 1.82) is 0 Å². The van der Waals surface area contributed by atoms with Crippen LogP contribution in [-0.4, -0.2) is 32.7 Å². The van der Waals surface area contributed by atoms with Crippen molar-refractivity contribution in [3.05, 3.63) is 35.7 Å². The number of hydrogen-bond acceptors (Lipinski definition) is 4. The first-order valence-electron chi connectivity index (χ1n) is 6.12. The van der Waals surface area contributed by atoms with Gasteiger partial charge in [-0.05, 0) is 31.5 Å². The fourth-order valence-electron chi connectivity index (χ4n) is 1.98. The van der Waals surface area contributed by atoms with E-state index in [2.05, 4.69) is 14.9 Å². The first-order chi connectivity index (χ1) is 9.31. The summed E-state index contributed by atoms with van der Waals surface area (Å²) in [4.78, 5) is 2.10. The number of aromatic amines is 1. The summed E-state index contributed by atoms with van der Waals surface area (Å²) in [6.45, 7) is 3.65. The topological polar surface area (TPSA) is 78.1 Å². The molecule has 0 aliphatic carbocycles. The number of benzene rings is 1. The molecular weight excluding hydrogens is 276 g/mol. The molecule has 0 bridgehead atoms. The van der Waals surface area contributed by atoms with Gasteiger partial charge < -0.3 is 4.90 Å². The van der Waals surface area contributed by atoms with Gasteiger partial charge in [-0.25, -0.2) is 8.42 Å². The summed E-state index contributed by atoms with van der Waals surface area (Å²) < 4.78 is 27.1. The molecule has 108 valence electrons. The molecule has 1 aromatic carbocycles. The number of nitrogens with zero attached hydrogens (tertiary/aromatic N) is 2. The Bertz CT molecular complexity index is 720. The van der Waals surface area contributed by atoms with E-state index in [4.69, 9.17) is 0 Å². The molecule has 0 spiro atoms. The summed E-state index contributed by atoms with van der Waals surface area (Å²) in [5.74, 6) is 0. The van der Waals surface area contributed by atoms with Crippen molar-refractivity contribution in [2.75, 3.05) is 23.7 Å². The molecule has 0 radical (unpaired) electrons. The maximum atomic E-state index is 12.3. The van der Waals surface area contributed by atoms with Crippen LogP contribution in [0.4, 0.5) is 11.4 Å². The van der Waals surface area contributed by atoms with Gasteiger partial charge in [0.1, 0.15) is 4.90 Å². The van der Waals surface area contributed by atoms with E-state index >= 15 is 0 Å². The molecule has 1 aromatic heterocycles. The minimum Gasteiger partial charge on any atom is -0.377 e. The molecule has 0 amide bonds. The third-order valence-electron chi connectivity index (χ3n) is 3.02. The van der Waals surface area contributed by atoms with E-state index in [0.29, 0.717) is 11.4 Å². The molecule has 0 saturated carbocycles. The van der Waals surface area contributed by atoms with Crippen molar-refractivity contribution in [3.8, 4) is 0 Å². The lowest BCUT2D eigenvalue weighted by Gasteiger charge is -2.17. The quantitative estimate of drug-likeness (QED) is 0.902. The van der Waals surface area contributed by atoms with Crippen LogP contribution in [-0.2, 0) is 10.0 Å². The van der Waals surface area contributed by atoms with Crippen LogP contribution in [0, 0.1) is 13.8 Å². The van der Waals surface area contributed by atoms with E-state index in [1.807, 2.05) is 38.1 Å². The standard InChI is InChI=1S/C13H18N4O2S/c1-9-5-6-11(7-12(9)17(3)4)16-20(18,19)13-8-14-15-10(13)2/h5-8,16H,1-4H3,(H,14,15). The second-order valence-corrected chi connectivity index (χ2v) is 6.51. The van der Waals surface area contributed by atoms with Gasteiger partial charge in [0.15, 0.2) is 0 Å². The van der Waals surface area contributed by atoms with E-state index < -0.39 is 10.0 Å². The van der Waals surface area contributed by atoms with Crippen molar-refractivity contribution in [3.63, 3.8) is 0 Å². The van der Waals surface area contributed by atoms with Crippen molar-refractivity contribution in [2.45, 2.75) is 18.7 Å². The van der Waals surface area contributed by atoms with E-state index in [1.165, 1.54) is 6.20 Å². The van der Waals surface area contributed by atoms with Crippen LogP contribution in [0.2, 0.25) is 0 Å². The molecule has 0 fully saturated rings. The van der Waals surface area contributed by atoms with Gasteiger partial charge >= 0.3 is 0 Å². The zero-order valence-corrected chi connectivity index (χ0v) is 12.7. The van der Waals surface area contributed by atoms with Crippen LogP contribution >= 0.6 is 0 Å². The Morgan fingerprint density at radius 1 is 1.25 bits per heavy atom. The highest BCUT2D eigenvalue weighted by Gasteiger charge is 2.19. The Morgan fingerprint density at radius 2 is 1.95 bits per heavy atom. The molecule has 0 atom stereocenters. The van der Waals surface area contributed by atoms with Crippen LogP contribution in [0.3, 0.4) is 0 Å². The summed E-state index contributed by atoms with van der Waals surface area (Å²) in [7, 11) is 0.217. The molecule has 2 N–H and O–H groups in total. The van der Waals surface area contributed by atoms with Crippen LogP contribution in [0.15, 0.2) is 29.3 Å². The predicted octanol–water partition coefficient (Wildman–Crippen LogP) is 1.89. The predicted molar refractivity (Wildman–Crippen MR) is 79.6 cm³/mol. The number of sulfonamides is 1. The summed E-state index contributed by atoms with van der Waals surface area (Å²) in [5, 5.41) is 6.36. The Kier molecular flexibility index (Phi) is 3.71. The fourth-order valence-corrected chi connectivity index (χ4v) is 3.16. The molecule has 0 unspecified atom stereocenters. The molecule has 2 rings (SSSR count). The van der Waals surface area contributed by atoms with Crippen LogP contribution in [0.5, 0.6) is 0 Å². The number of rotatable bonds is 4. The van der Waals surface area contributed by atoms with Gasteiger partial charge in [0.2, 0.25) is 0 Å². The Balaban J connectivity index is 2.35. The molecule has 1 heterocycles. The van der Waals surface area contributed by atoms with Gasteiger partial charge in [0, 0.05) is 19.8 Å². The number of H-pyrrole nitrogens is 1. The summed E-state index contributed by atoms with van der Waals surface area (Å²) in [5.41, 5.74) is 3.09. The van der Waals surface area contributed by atoms with Crippen LogP contribution < -0.4 is 9.62 Å². The smallest absolute Gasteiger partial charge is 0.265 e. The molecule has 0 aliphatic heterocycles. The number of hydrogen-bond donors (Lipinski definition) is 2. The second kappa shape index (κ2) is 5.16. The number of nitrogens with one attached hydrogen (secondary N) is 2. The number of aromatic nitrogens is 2. The van der Waals surface area contributed by atoms with Gasteiger partial charge in [0.25, 0.3) is 10.0 Å². The van der Waals surface area contributed by atoms with Gasteiger partial charge in [0.05, 0.1) is 17.6 Å². The lowest BCUT2D eigenvalue weighted by atomic mass is 10.2. The lowest BCUT2D eigenvalue weighted by Crippen LogP contribution is -2.15. The number of anilines is 2. The Hall–Kier alpha value is -2.02. The third-order valence-corrected chi connectivity index (χ3v) is 4.51. The van der Waals surface area contributed by atoms with Crippen LogP contribution in [0.25, 0.3) is 0 Å². The summed E-state index contributed by atoms with van der Waals surface area (Å²) in [6.07, 6.45) is 1.30. The van der Waals surface area contributed by atoms with Crippen molar-refractivity contribution >= 4 is 21.4 Å². The monoisotopic (exact) mass is 294 g/mol. The number of aryl methyl sites for hydroxylation is 2. The average molecular weight is 294 g/mol. The SMILES string of the molecule is Cc1ccc(NS(=O)(=O)c2cn[nH]c2C)cc1N(C)C. The highest BCUT2D eigenvalue weighted by molar-refractivity contribution is 7.92. The second-order valence-electron chi connectivity index (χ2n) is 4.86. The van der Waals surface area contributed by atoms with Gasteiger partial charge in [-0.3, -0.25) is 9.82 Å². The average Bonchev–Trinajstić information content (AvgIpc) is 2.78. The molecule has 2 aromatic rings. The van der Waals surface area contributed by atoms with Crippen molar-refractivity contribution in [1.82, 2.24) is 10.2 Å². The minimum absolute atomic E-state index is 0.157. The Labute approximate surface area is 118 Å². The molecule has 0 saturated heterocycles. The first-order valence-corrected chi connectivity index (χ1v) is 7.60. The van der Waals surface area contributed by atoms with Crippen LogP contribution in [0.1, 0.15) is 11.3 Å². The zero-order valence-electron chi connectivity index (χ0n) is 11.9. The molecule has 20 heavy (non-hydrogen) atoms. The van der Waals surface area contributed by atoms with Gasteiger partial charge in [-0.1, -0.05) is 6.07 Å². The normalized spacial score (nSPS) is 11.4. The third kappa shape index (κ3) is 2.77. The van der Waals surface area contributed by atoms with E-state index in [9.17, 15) is 8.42 Å². The fraction of sp³-hybridized carbons (Fsp3) is 0.308. The van der Waals surface area contributed by atoms with E-state index in [0.717, 1.165) is 11.3 Å². The maximum absolute atomic E-state index is 12.3. The minimum atomic E-state index is -3.62. The van der Waals surface area contributed by atoms with Gasteiger partial charge in [-0.2, -0.15) is 5.10 Å². The molecule has 7 heteroatoms. The lowest BCUT2D eigenvalue weighted by molar-refractivity contribution is 0.600. The molecular formula is C13H18N4O2S. The molecule has 0 aliphatic rings. The zero-order chi connectivity index (χ0) is 14.9. The van der Waals surface area contributed by atoms with Crippen molar-refractivity contribution in [2.24, 2.45) is 0 Å². The highest BCUT2D eigenvalue weighted by Crippen LogP contribution is 2.24. The summed E-state index contributed by atoms with van der Waals surface area (Å²) >= 11 is 0. The maximum Gasteiger partial charge on any atom is 0.265 e.